The lowest BCUT2D eigenvalue weighted by atomic mass is 10.2. The molecule has 2 aromatic heterocycles. The zero-order valence-corrected chi connectivity index (χ0v) is 13.6. The molecule has 6 heteroatoms. The van der Waals surface area contributed by atoms with Crippen molar-refractivity contribution in [3.8, 4) is 11.6 Å². The van der Waals surface area contributed by atoms with E-state index in [1.165, 1.54) is 0 Å². The van der Waals surface area contributed by atoms with Crippen molar-refractivity contribution >= 4 is 28.5 Å². The van der Waals surface area contributed by atoms with Gasteiger partial charge in [-0.3, -0.25) is 0 Å². The van der Waals surface area contributed by atoms with Crippen LogP contribution in [-0.2, 0) is 0 Å². The standard InChI is InChI=1S/C19H16N4O2/c1-12-6-2-3-9-15(12)24-18-14(8-5-11-21-18)22-19-23-17-13(20)7-4-10-16(17)25-19/h2-11H,20H2,1H3,(H,22,23). The normalized spacial score (nSPS) is 10.8. The van der Waals surface area contributed by atoms with Crippen LogP contribution in [0.25, 0.3) is 11.1 Å². The zero-order valence-electron chi connectivity index (χ0n) is 13.6. The number of anilines is 3. The minimum Gasteiger partial charge on any atom is -0.437 e. The third kappa shape index (κ3) is 2.97. The lowest BCUT2D eigenvalue weighted by Gasteiger charge is -2.11. The monoisotopic (exact) mass is 332 g/mol. The number of nitrogens with two attached hydrogens (primary N) is 1. The molecule has 124 valence electrons. The van der Waals surface area contributed by atoms with Gasteiger partial charge in [0.2, 0.25) is 5.88 Å². The number of aryl methyl sites for hydroxylation is 1. The molecule has 0 bridgehead atoms. The molecule has 0 saturated carbocycles. The molecule has 0 spiro atoms. The number of pyridine rings is 1. The highest BCUT2D eigenvalue weighted by molar-refractivity contribution is 5.86. The molecule has 0 radical (unpaired) electrons. The summed E-state index contributed by atoms with van der Waals surface area (Å²) in [6.45, 7) is 1.98. The predicted octanol–water partition coefficient (Wildman–Crippen LogP) is 4.65. The molecule has 0 amide bonds. The lowest BCUT2D eigenvalue weighted by Crippen LogP contribution is -1.97. The van der Waals surface area contributed by atoms with Crippen LogP contribution in [0.15, 0.2) is 65.2 Å². The van der Waals surface area contributed by atoms with E-state index in [-0.39, 0.29) is 0 Å². The van der Waals surface area contributed by atoms with Crippen LogP contribution < -0.4 is 15.8 Å². The minimum atomic E-state index is 0.329. The molecule has 0 unspecified atom stereocenters. The van der Waals surface area contributed by atoms with Gasteiger partial charge in [-0.25, -0.2) is 4.98 Å². The van der Waals surface area contributed by atoms with Crippen LogP contribution >= 0.6 is 0 Å². The quantitative estimate of drug-likeness (QED) is 0.529. The Labute approximate surface area is 144 Å². The van der Waals surface area contributed by atoms with Crippen LogP contribution in [0.2, 0.25) is 0 Å². The van der Waals surface area contributed by atoms with Crippen LogP contribution in [-0.4, -0.2) is 9.97 Å². The minimum absolute atomic E-state index is 0.329. The Bertz CT molecular complexity index is 1040. The Morgan fingerprint density at radius 2 is 1.92 bits per heavy atom. The Morgan fingerprint density at radius 3 is 2.76 bits per heavy atom. The topological polar surface area (TPSA) is 86.2 Å². The fourth-order valence-electron chi connectivity index (χ4n) is 2.48. The molecule has 2 aromatic carbocycles. The molecule has 0 atom stereocenters. The summed E-state index contributed by atoms with van der Waals surface area (Å²) in [4.78, 5) is 8.69. The van der Waals surface area contributed by atoms with E-state index >= 15 is 0 Å². The van der Waals surface area contributed by atoms with E-state index in [1.54, 1.807) is 12.3 Å². The van der Waals surface area contributed by atoms with Gasteiger partial charge in [0.05, 0.1) is 5.69 Å². The fraction of sp³-hybridized carbons (Fsp3) is 0.0526. The number of hydrogen-bond acceptors (Lipinski definition) is 6. The molecular formula is C19H16N4O2. The molecule has 25 heavy (non-hydrogen) atoms. The van der Waals surface area contributed by atoms with Crippen molar-refractivity contribution in [3.05, 3.63) is 66.4 Å². The number of rotatable bonds is 4. The molecule has 0 saturated heterocycles. The van der Waals surface area contributed by atoms with E-state index in [1.807, 2.05) is 55.5 Å². The average molecular weight is 332 g/mol. The van der Waals surface area contributed by atoms with E-state index in [2.05, 4.69) is 15.3 Å². The predicted molar refractivity (Wildman–Crippen MR) is 97.2 cm³/mol. The number of aromatic nitrogens is 2. The molecule has 0 aliphatic heterocycles. The second-order valence-electron chi connectivity index (χ2n) is 5.56. The van der Waals surface area contributed by atoms with Crippen molar-refractivity contribution < 1.29 is 9.15 Å². The summed E-state index contributed by atoms with van der Waals surface area (Å²) < 4.78 is 11.6. The number of benzene rings is 2. The van der Waals surface area contributed by atoms with Crippen LogP contribution in [0.5, 0.6) is 11.6 Å². The smallest absolute Gasteiger partial charge is 0.300 e. The average Bonchev–Trinajstić information content (AvgIpc) is 3.03. The number of fused-ring (bicyclic) bond motifs is 1. The Kier molecular flexibility index (Phi) is 3.70. The molecular weight excluding hydrogens is 316 g/mol. The first-order valence-electron chi connectivity index (χ1n) is 7.81. The summed E-state index contributed by atoms with van der Waals surface area (Å²) in [5, 5.41) is 3.11. The maximum absolute atomic E-state index is 5.94. The Morgan fingerprint density at radius 1 is 1.04 bits per heavy atom. The van der Waals surface area contributed by atoms with E-state index < -0.39 is 0 Å². The van der Waals surface area contributed by atoms with Crippen molar-refractivity contribution in [1.82, 2.24) is 9.97 Å². The first-order valence-corrected chi connectivity index (χ1v) is 7.81. The Hall–Kier alpha value is -3.54. The largest absolute Gasteiger partial charge is 0.437 e. The number of nitrogens with zero attached hydrogens (tertiary/aromatic N) is 2. The SMILES string of the molecule is Cc1ccccc1Oc1ncccc1Nc1nc2c(N)cccc2o1. The molecule has 3 N–H and O–H groups in total. The van der Waals surface area contributed by atoms with Crippen LogP contribution in [0, 0.1) is 6.92 Å². The van der Waals surface area contributed by atoms with E-state index in [4.69, 9.17) is 14.9 Å². The van der Waals surface area contributed by atoms with Gasteiger partial charge in [-0.15, -0.1) is 0 Å². The van der Waals surface area contributed by atoms with Gasteiger partial charge >= 0.3 is 0 Å². The molecule has 6 nitrogen and oxygen atoms in total. The molecule has 0 fully saturated rings. The number of oxazole rings is 1. The highest BCUT2D eigenvalue weighted by Gasteiger charge is 2.12. The van der Waals surface area contributed by atoms with Crippen LogP contribution in [0.1, 0.15) is 5.56 Å². The van der Waals surface area contributed by atoms with Gasteiger partial charge < -0.3 is 20.2 Å². The maximum Gasteiger partial charge on any atom is 0.300 e. The number of nitrogen functional groups attached to an aromatic ring is 1. The molecule has 4 rings (SSSR count). The number of nitrogens with one attached hydrogen (secondary N) is 1. The number of hydrogen-bond donors (Lipinski definition) is 2. The second kappa shape index (κ2) is 6.16. The highest BCUT2D eigenvalue weighted by Crippen LogP contribution is 2.32. The maximum atomic E-state index is 5.94. The van der Waals surface area contributed by atoms with E-state index in [0.29, 0.717) is 34.4 Å². The van der Waals surface area contributed by atoms with E-state index in [0.717, 1.165) is 11.3 Å². The number of ether oxygens (including phenoxy) is 1. The lowest BCUT2D eigenvalue weighted by molar-refractivity contribution is 0.461. The van der Waals surface area contributed by atoms with Gasteiger partial charge in [0, 0.05) is 6.20 Å². The van der Waals surface area contributed by atoms with Crippen LogP contribution in [0.4, 0.5) is 17.4 Å². The van der Waals surface area contributed by atoms with E-state index in [9.17, 15) is 0 Å². The van der Waals surface area contributed by atoms with Gasteiger partial charge in [-0.05, 0) is 42.8 Å². The third-order valence-corrected chi connectivity index (χ3v) is 3.76. The van der Waals surface area contributed by atoms with Gasteiger partial charge in [-0.1, -0.05) is 24.3 Å². The van der Waals surface area contributed by atoms with Gasteiger partial charge in [0.15, 0.2) is 5.58 Å². The van der Waals surface area contributed by atoms with Crippen molar-refractivity contribution in [3.63, 3.8) is 0 Å². The molecule has 2 heterocycles. The molecule has 0 aliphatic carbocycles. The van der Waals surface area contributed by atoms with Crippen molar-refractivity contribution in [2.45, 2.75) is 6.92 Å². The summed E-state index contributed by atoms with van der Waals surface area (Å²) in [6, 6.07) is 17.2. The van der Waals surface area contributed by atoms with Crippen molar-refractivity contribution in [2.24, 2.45) is 0 Å². The zero-order chi connectivity index (χ0) is 17.2. The first kappa shape index (κ1) is 15.0. The first-order chi connectivity index (χ1) is 12.2. The molecule has 0 aliphatic rings. The van der Waals surface area contributed by atoms with Gasteiger partial charge in [0.25, 0.3) is 6.01 Å². The highest BCUT2D eigenvalue weighted by atomic mass is 16.5. The Balaban J connectivity index is 1.66. The van der Waals surface area contributed by atoms with Gasteiger partial charge in [0.1, 0.15) is 17.0 Å². The molecule has 4 aromatic rings. The summed E-state index contributed by atoms with van der Waals surface area (Å²) in [7, 11) is 0. The second-order valence-corrected chi connectivity index (χ2v) is 5.56. The van der Waals surface area contributed by atoms with Gasteiger partial charge in [-0.2, -0.15) is 4.98 Å². The number of para-hydroxylation sites is 2. The third-order valence-electron chi connectivity index (χ3n) is 3.76. The summed E-state index contributed by atoms with van der Waals surface area (Å²) >= 11 is 0. The summed E-state index contributed by atoms with van der Waals surface area (Å²) in [5.74, 6) is 1.18. The van der Waals surface area contributed by atoms with Crippen molar-refractivity contribution in [1.29, 1.82) is 0 Å². The van der Waals surface area contributed by atoms with Crippen molar-refractivity contribution in [2.75, 3.05) is 11.1 Å². The fourth-order valence-corrected chi connectivity index (χ4v) is 2.48. The summed E-state index contributed by atoms with van der Waals surface area (Å²) in [5.41, 5.74) is 9.40. The summed E-state index contributed by atoms with van der Waals surface area (Å²) in [6.07, 6.45) is 1.67. The van der Waals surface area contributed by atoms with Crippen LogP contribution in [0.3, 0.4) is 0 Å².